The molecule has 0 bridgehead atoms. The van der Waals surface area contributed by atoms with Crippen LogP contribution < -0.4 is 0 Å². The average molecular weight is 352 g/mol. The molecule has 26 heavy (non-hydrogen) atoms. The Morgan fingerprint density at radius 3 is 2.77 bits per heavy atom. The van der Waals surface area contributed by atoms with Gasteiger partial charge in [0, 0.05) is 36.7 Å². The highest BCUT2D eigenvalue weighted by Gasteiger charge is 2.39. The molecule has 0 aliphatic carbocycles. The molecular weight excluding hydrogens is 332 g/mol. The van der Waals surface area contributed by atoms with Gasteiger partial charge in [0.05, 0.1) is 11.5 Å². The lowest BCUT2D eigenvalue weighted by Crippen LogP contribution is -2.39. The van der Waals surface area contributed by atoms with Gasteiger partial charge in [-0.1, -0.05) is 23.8 Å². The molecule has 6 heteroatoms. The smallest absolute Gasteiger partial charge is 0.269 e. The topological polar surface area (TPSA) is 72.7 Å². The van der Waals surface area contributed by atoms with Crippen LogP contribution in [-0.4, -0.2) is 34.8 Å². The normalized spacial score (nSPS) is 21.9. The number of nitrogens with zero attached hydrogens (tertiary/aromatic N) is 2. The molecule has 0 saturated carbocycles. The van der Waals surface area contributed by atoms with Crippen molar-refractivity contribution >= 4 is 11.5 Å². The van der Waals surface area contributed by atoms with Crippen LogP contribution in [-0.2, 0) is 11.2 Å². The maximum absolute atomic E-state index is 12.6. The van der Waals surface area contributed by atoms with Crippen molar-refractivity contribution in [2.24, 2.45) is 0 Å². The highest BCUT2D eigenvalue weighted by molar-refractivity contribution is 5.96. The maximum atomic E-state index is 12.6. The van der Waals surface area contributed by atoms with E-state index in [1.54, 1.807) is 0 Å². The van der Waals surface area contributed by atoms with Crippen LogP contribution in [0.25, 0.3) is 0 Å². The van der Waals surface area contributed by atoms with E-state index in [4.69, 9.17) is 4.74 Å². The first-order valence-corrected chi connectivity index (χ1v) is 8.77. The van der Waals surface area contributed by atoms with Crippen LogP contribution in [0.4, 0.5) is 5.69 Å². The Bertz CT molecular complexity index is 863. The Morgan fingerprint density at radius 1 is 1.27 bits per heavy atom. The largest absolute Gasteiger partial charge is 0.357 e. The van der Waals surface area contributed by atoms with E-state index >= 15 is 0 Å². The quantitative estimate of drug-likeness (QED) is 0.479. The van der Waals surface area contributed by atoms with E-state index in [0.717, 1.165) is 13.0 Å². The molecule has 1 fully saturated rings. The number of ketones is 1. The third kappa shape index (κ3) is 3.02. The number of ether oxygens (including phenoxy) is 1. The molecule has 2 aromatic rings. The molecule has 2 aromatic carbocycles. The minimum atomic E-state index is -0.461. The summed E-state index contributed by atoms with van der Waals surface area (Å²) in [6.45, 7) is 3.47. The van der Waals surface area contributed by atoms with Gasteiger partial charge >= 0.3 is 0 Å². The van der Waals surface area contributed by atoms with Gasteiger partial charge in [-0.15, -0.1) is 0 Å². The standard InChI is InChI=1S/C20H20N2O4/c1-13-2-3-14-8-9-21-17(12-26-20(21)18(14)10-13)11-19(23)15-4-6-16(7-5-15)22(24)25/h2-7,10,17,20H,8-9,11-12H2,1H3/t17-,20+/m1/s1. The van der Waals surface area contributed by atoms with Crippen LogP contribution in [0.5, 0.6) is 0 Å². The molecule has 0 N–H and O–H groups in total. The second-order valence-electron chi connectivity index (χ2n) is 6.96. The lowest BCUT2D eigenvalue weighted by atomic mass is 9.95. The van der Waals surface area contributed by atoms with Gasteiger partial charge < -0.3 is 4.74 Å². The molecule has 0 amide bonds. The van der Waals surface area contributed by atoms with Gasteiger partial charge in [0.2, 0.25) is 0 Å². The number of fused-ring (bicyclic) bond motifs is 3. The average Bonchev–Trinajstić information content (AvgIpc) is 3.05. The molecule has 2 atom stereocenters. The lowest BCUT2D eigenvalue weighted by molar-refractivity contribution is -0.384. The third-order valence-corrected chi connectivity index (χ3v) is 5.24. The van der Waals surface area contributed by atoms with Crippen molar-refractivity contribution in [3.63, 3.8) is 0 Å². The summed E-state index contributed by atoms with van der Waals surface area (Å²) in [7, 11) is 0. The highest BCUT2D eigenvalue weighted by Crippen LogP contribution is 2.38. The number of hydrogen-bond donors (Lipinski definition) is 0. The molecule has 134 valence electrons. The molecule has 2 aliphatic heterocycles. The van der Waals surface area contributed by atoms with Crippen molar-refractivity contribution in [1.82, 2.24) is 4.90 Å². The number of carbonyl (C=O) groups is 1. The minimum absolute atomic E-state index is 0.00572. The van der Waals surface area contributed by atoms with E-state index in [0.29, 0.717) is 18.6 Å². The minimum Gasteiger partial charge on any atom is -0.357 e. The van der Waals surface area contributed by atoms with Crippen molar-refractivity contribution < 1.29 is 14.5 Å². The fraction of sp³-hybridized carbons (Fsp3) is 0.350. The first kappa shape index (κ1) is 16.9. The molecule has 4 rings (SSSR count). The number of benzene rings is 2. The monoisotopic (exact) mass is 352 g/mol. The zero-order chi connectivity index (χ0) is 18.3. The number of aryl methyl sites for hydroxylation is 1. The van der Waals surface area contributed by atoms with Gasteiger partial charge in [-0.3, -0.25) is 19.8 Å². The van der Waals surface area contributed by atoms with Crippen molar-refractivity contribution in [2.75, 3.05) is 13.2 Å². The fourth-order valence-corrected chi connectivity index (χ4v) is 3.85. The van der Waals surface area contributed by atoms with E-state index in [1.807, 2.05) is 0 Å². The van der Waals surface area contributed by atoms with E-state index in [9.17, 15) is 14.9 Å². The number of nitro benzene ring substituents is 1. The zero-order valence-corrected chi connectivity index (χ0v) is 14.6. The van der Waals surface area contributed by atoms with E-state index in [-0.39, 0.29) is 23.7 Å². The van der Waals surface area contributed by atoms with Crippen molar-refractivity contribution in [3.05, 3.63) is 74.8 Å². The van der Waals surface area contributed by atoms with Crippen LogP contribution in [0.15, 0.2) is 42.5 Å². The number of Topliss-reactive ketones (excluding diaryl/α,β-unsaturated/α-hetero) is 1. The molecule has 0 radical (unpaired) electrons. The molecule has 6 nitrogen and oxygen atoms in total. The van der Waals surface area contributed by atoms with E-state index in [1.165, 1.54) is 41.0 Å². The predicted molar refractivity (Wildman–Crippen MR) is 96.1 cm³/mol. The summed E-state index contributed by atoms with van der Waals surface area (Å²) >= 11 is 0. The van der Waals surface area contributed by atoms with Crippen LogP contribution in [0, 0.1) is 17.0 Å². The Balaban J connectivity index is 1.48. The van der Waals surface area contributed by atoms with Crippen LogP contribution in [0.3, 0.4) is 0 Å². The Morgan fingerprint density at radius 2 is 2.04 bits per heavy atom. The first-order chi connectivity index (χ1) is 12.5. The van der Waals surface area contributed by atoms with Gasteiger partial charge in [0.15, 0.2) is 5.78 Å². The highest BCUT2D eigenvalue weighted by atomic mass is 16.6. The second kappa shape index (κ2) is 6.63. The summed E-state index contributed by atoms with van der Waals surface area (Å²) in [5.41, 5.74) is 4.24. The Kier molecular flexibility index (Phi) is 4.30. The van der Waals surface area contributed by atoms with Crippen molar-refractivity contribution in [3.8, 4) is 0 Å². The lowest BCUT2D eigenvalue weighted by Gasteiger charge is -2.33. The maximum Gasteiger partial charge on any atom is 0.269 e. The molecule has 0 spiro atoms. The molecule has 0 unspecified atom stereocenters. The van der Waals surface area contributed by atoms with Gasteiger partial charge in [-0.2, -0.15) is 0 Å². The second-order valence-corrected chi connectivity index (χ2v) is 6.96. The molecule has 0 aromatic heterocycles. The number of carbonyl (C=O) groups excluding carboxylic acids is 1. The van der Waals surface area contributed by atoms with Crippen LogP contribution in [0.2, 0.25) is 0 Å². The zero-order valence-electron chi connectivity index (χ0n) is 14.6. The number of rotatable bonds is 4. The van der Waals surface area contributed by atoms with Gasteiger partial charge in [0.1, 0.15) is 6.23 Å². The fourth-order valence-electron chi connectivity index (χ4n) is 3.85. The number of nitro groups is 1. The van der Waals surface area contributed by atoms with Gasteiger partial charge in [0.25, 0.3) is 5.69 Å². The van der Waals surface area contributed by atoms with Crippen LogP contribution >= 0.6 is 0 Å². The summed E-state index contributed by atoms with van der Waals surface area (Å²) in [4.78, 5) is 25.2. The molecular formula is C20H20N2O4. The summed E-state index contributed by atoms with van der Waals surface area (Å²) in [6.07, 6.45) is 1.24. The van der Waals surface area contributed by atoms with E-state index in [2.05, 4.69) is 30.0 Å². The summed E-state index contributed by atoms with van der Waals surface area (Å²) in [6, 6.07) is 12.3. The number of non-ortho nitro benzene ring substituents is 1. The van der Waals surface area contributed by atoms with Crippen molar-refractivity contribution in [2.45, 2.75) is 32.0 Å². The van der Waals surface area contributed by atoms with E-state index < -0.39 is 4.92 Å². The summed E-state index contributed by atoms with van der Waals surface area (Å²) in [5.74, 6) is -0.0100. The molecule has 2 heterocycles. The van der Waals surface area contributed by atoms with Crippen molar-refractivity contribution in [1.29, 1.82) is 0 Å². The number of hydrogen-bond acceptors (Lipinski definition) is 5. The SMILES string of the molecule is Cc1ccc2c(c1)[C@@H]1OC[C@@H](CC(=O)c3ccc([N+](=O)[O-])cc3)N1CC2. The summed E-state index contributed by atoms with van der Waals surface area (Å²) in [5, 5.41) is 10.7. The molecule has 1 saturated heterocycles. The van der Waals surface area contributed by atoms with Gasteiger partial charge in [-0.25, -0.2) is 0 Å². The Labute approximate surface area is 151 Å². The van der Waals surface area contributed by atoms with Crippen LogP contribution in [0.1, 0.15) is 39.7 Å². The summed E-state index contributed by atoms with van der Waals surface area (Å²) < 4.78 is 6.02. The van der Waals surface area contributed by atoms with Gasteiger partial charge in [-0.05, 0) is 36.6 Å². The third-order valence-electron chi connectivity index (χ3n) is 5.24. The molecule has 2 aliphatic rings. The first-order valence-electron chi connectivity index (χ1n) is 8.77. The predicted octanol–water partition coefficient (Wildman–Crippen LogP) is 3.43. The Hall–Kier alpha value is -2.57.